The van der Waals surface area contributed by atoms with Crippen LogP contribution in [0.25, 0.3) is 0 Å². The summed E-state index contributed by atoms with van der Waals surface area (Å²) in [6.07, 6.45) is 0. The number of benzene rings is 1. The monoisotopic (exact) mass is 223 g/mol. The molecule has 3 heteroatoms. The average molecular weight is 223 g/mol. The molecule has 1 atom stereocenters. The van der Waals surface area contributed by atoms with Crippen LogP contribution < -0.4 is 15.2 Å². The number of hydrogen-bond donors (Lipinski definition) is 1. The van der Waals surface area contributed by atoms with E-state index in [9.17, 15) is 0 Å². The first-order valence-corrected chi connectivity index (χ1v) is 5.53. The van der Waals surface area contributed by atoms with E-state index in [1.807, 2.05) is 19.1 Å². The maximum Gasteiger partial charge on any atom is 0.130 e. The molecule has 0 spiro atoms. The summed E-state index contributed by atoms with van der Waals surface area (Å²) in [5, 5.41) is 0. The molecule has 0 aliphatic heterocycles. The third kappa shape index (κ3) is 2.30. The Hall–Kier alpha value is -1.22. The fourth-order valence-electron chi connectivity index (χ4n) is 1.91. The van der Waals surface area contributed by atoms with Gasteiger partial charge in [-0.05, 0) is 18.9 Å². The molecular formula is C13H21NO2. The van der Waals surface area contributed by atoms with Crippen LogP contribution in [0.5, 0.6) is 11.5 Å². The summed E-state index contributed by atoms with van der Waals surface area (Å²) in [7, 11) is 3.35. The Labute approximate surface area is 97.6 Å². The highest BCUT2D eigenvalue weighted by atomic mass is 16.5. The summed E-state index contributed by atoms with van der Waals surface area (Å²) in [5.74, 6) is 2.05. The van der Waals surface area contributed by atoms with Gasteiger partial charge in [-0.3, -0.25) is 0 Å². The summed E-state index contributed by atoms with van der Waals surface area (Å²) in [4.78, 5) is 0. The van der Waals surface area contributed by atoms with Gasteiger partial charge < -0.3 is 15.2 Å². The van der Waals surface area contributed by atoms with Gasteiger partial charge in [0, 0.05) is 17.2 Å². The zero-order valence-corrected chi connectivity index (χ0v) is 10.7. The van der Waals surface area contributed by atoms with Crippen LogP contribution >= 0.6 is 0 Å². The van der Waals surface area contributed by atoms with Gasteiger partial charge in [0.15, 0.2) is 0 Å². The topological polar surface area (TPSA) is 44.5 Å². The highest BCUT2D eigenvalue weighted by Crippen LogP contribution is 2.39. The van der Waals surface area contributed by atoms with Gasteiger partial charge >= 0.3 is 0 Å². The first-order valence-electron chi connectivity index (χ1n) is 5.53. The van der Waals surface area contributed by atoms with Crippen molar-refractivity contribution in [2.45, 2.75) is 32.7 Å². The summed E-state index contributed by atoms with van der Waals surface area (Å²) in [6, 6.07) is 3.88. The molecule has 90 valence electrons. The summed E-state index contributed by atoms with van der Waals surface area (Å²) < 4.78 is 10.8. The second-order valence-corrected chi connectivity index (χ2v) is 4.25. The largest absolute Gasteiger partial charge is 0.496 e. The second kappa shape index (κ2) is 5.21. The Morgan fingerprint density at radius 1 is 1.06 bits per heavy atom. The molecule has 0 aromatic heterocycles. The molecule has 1 unspecified atom stereocenters. The van der Waals surface area contributed by atoms with Crippen molar-refractivity contribution in [3.8, 4) is 11.5 Å². The van der Waals surface area contributed by atoms with Crippen molar-refractivity contribution >= 4 is 0 Å². The van der Waals surface area contributed by atoms with E-state index in [0.29, 0.717) is 5.92 Å². The second-order valence-electron chi connectivity index (χ2n) is 4.25. The lowest BCUT2D eigenvalue weighted by Crippen LogP contribution is -2.10. The van der Waals surface area contributed by atoms with Crippen LogP contribution in [0.3, 0.4) is 0 Å². The number of ether oxygens (including phenoxy) is 2. The van der Waals surface area contributed by atoms with Crippen molar-refractivity contribution in [3.05, 3.63) is 23.3 Å². The zero-order chi connectivity index (χ0) is 12.3. The SMILES string of the molecule is COc1ccc(C(C)N)c(OC)c1C(C)C. The molecule has 0 aliphatic rings. The van der Waals surface area contributed by atoms with Gasteiger partial charge in [0.05, 0.1) is 14.2 Å². The molecule has 2 N–H and O–H groups in total. The fraction of sp³-hybridized carbons (Fsp3) is 0.538. The van der Waals surface area contributed by atoms with Gasteiger partial charge in [0.1, 0.15) is 11.5 Å². The Morgan fingerprint density at radius 2 is 1.69 bits per heavy atom. The molecular weight excluding hydrogens is 202 g/mol. The molecule has 0 bridgehead atoms. The van der Waals surface area contributed by atoms with E-state index >= 15 is 0 Å². The van der Waals surface area contributed by atoms with Crippen LogP contribution in [0, 0.1) is 0 Å². The minimum Gasteiger partial charge on any atom is -0.496 e. The maximum absolute atomic E-state index is 5.93. The van der Waals surface area contributed by atoms with E-state index in [0.717, 1.165) is 22.6 Å². The minimum atomic E-state index is -0.0432. The van der Waals surface area contributed by atoms with Gasteiger partial charge in [-0.2, -0.15) is 0 Å². The molecule has 1 rings (SSSR count). The van der Waals surface area contributed by atoms with Gasteiger partial charge in [-0.25, -0.2) is 0 Å². The molecule has 0 aliphatic carbocycles. The third-order valence-corrected chi connectivity index (χ3v) is 2.68. The average Bonchev–Trinajstić information content (AvgIpc) is 2.26. The summed E-state index contributed by atoms with van der Waals surface area (Å²) in [5.41, 5.74) is 8.03. The van der Waals surface area contributed by atoms with E-state index in [1.165, 1.54) is 0 Å². The highest BCUT2D eigenvalue weighted by molar-refractivity contribution is 5.52. The quantitative estimate of drug-likeness (QED) is 0.853. The van der Waals surface area contributed by atoms with Gasteiger partial charge in [0.25, 0.3) is 0 Å². The van der Waals surface area contributed by atoms with Gasteiger partial charge in [-0.15, -0.1) is 0 Å². The Kier molecular flexibility index (Phi) is 4.19. The maximum atomic E-state index is 5.93. The van der Waals surface area contributed by atoms with E-state index in [1.54, 1.807) is 14.2 Å². The van der Waals surface area contributed by atoms with Crippen molar-refractivity contribution in [1.29, 1.82) is 0 Å². The lowest BCUT2D eigenvalue weighted by atomic mass is 9.95. The van der Waals surface area contributed by atoms with Crippen LogP contribution in [-0.2, 0) is 0 Å². The van der Waals surface area contributed by atoms with Crippen LogP contribution in [0.4, 0.5) is 0 Å². The van der Waals surface area contributed by atoms with E-state index in [4.69, 9.17) is 15.2 Å². The highest BCUT2D eigenvalue weighted by Gasteiger charge is 2.19. The molecule has 0 radical (unpaired) electrons. The molecule has 0 saturated heterocycles. The standard InChI is InChI=1S/C13H21NO2/c1-8(2)12-11(15-4)7-6-10(9(3)14)13(12)16-5/h6-9H,14H2,1-5H3. The van der Waals surface area contributed by atoms with Crippen LogP contribution in [-0.4, -0.2) is 14.2 Å². The number of rotatable bonds is 4. The van der Waals surface area contributed by atoms with Crippen molar-refractivity contribution in [1.82, 2.24) is 0 Å². The number of nitrogens with two attached hydrogens (primary N) is 1. The minimum absolute atomic E-state index is 0.0432. The number of hydrogen-bond acceptors (Lipinski definition) is 3. The number of methoxy groups -OCH3 is 2. The predicted octanol–water partition coefficient (Wildman–Crippen LogP) is 2.85. The first-order chi connectivity index (χ1) is 7.52. The predicted molar refractivity (Wildman–Crippen MR) is 66.2 cm³/mol. The normalized spacial score (nSPS) is 12.7. The fourth-order valence-corrected chi connectivity index (χ4v) is 1.91. The van der Waals surface area contributed by atoms with Crippen molar-refractivity contribution in [2.24, 2.45) is 5.73 Å². The summed E-state index contributed by atoms with van der Waals surface area (Å²) >= 11 is 0. The van der Waals surface area contributed by atoms with Crippen molar-refractivity contribution < 1.29 is 9.47 Å². The first kappa shape index (κ1) is 12.8. The Morgan fingerprint density at radius 3 is 2.06 bits per heavy atom. The molecule has 16 heavy (non-hydrogen) atoms. The Bertz CT molecular complexity index is 359. The van der Waals surface area contributed by atoms with E-state index < -0.39 is 0 Å². The molecule has 1 aromatic carbocycles. The smallest absolute Gasteiger partial charge is 0.130 e. The lowest BCUT2D eigenvalue weighted by Gasteiger charge is -2.20. The van der Waals surface area contributed by atoms with Crippen LogP contribution in [0.2, 0.25) is 0 Å². The van der Waals surface area contributed by atoms with Crippen LogP contribution in [0.15, 0.2) is 12.1 Å². The zero-order valence-electron chi connectivity index (χ0n) is 10.7. The van der Waals surface area contributed by atoms with Crippen LogP contribution in [0.1, 0.15) is 43.9 Å². The van der Waals surface area contributed by atoms with Gasteiger partial charge in [0.2, 0.25) is 0 Å². The molecule has 1 aromatic rings. The molecule has 0 heterocycles. The van der Waals surface area contributed by atoms with Crippen molar-refractivity contribution in [2.75, 3.05) is 14.2 Å². The molecule has 0 saturated carbocycles. The molecule has 0 amide bonds. The van der Waals surface area contributed by atoms with E-state index in [-0.39, 0.29) is 6.04 Å². The van der Waals surface area contributed by atoms with E-state index in [2.05, 4.69) is 13.8 Å². The van der Waals surface area contributed by atoms with Gasteiger partial charge in [-0.1, -0.05) is 19.9 Å². The molecule has 0 fully saturated rings. The molecule has 3 nitrogen and oxygen atoms in total. The Balaban J connectivity index is 3.43. The van der Waals surface area contributed by atoms with Crippen molar-refractivity contribution in [3.63, 3.8) is 0 Å². The summed E-state index contributed by atoms with van der Waals surface area (Å²) in [6.45, 7) is 6.19. The lowest BCUT2D eigenvalue weighted by molar-refractivity contribution is 0.377. The third-order valence-electron chi connectivity index (χ3n) is 2.68.